The fourth-order valence-corrected chi connectivity index (χ4v) is 2.99. The molecular formula is C23H24O. The van der Waals surface area contributed by atoms with Crippen molar-refractivity contribution in [3.8, 4) is 16.9 Å². The smallest absolute Gasteiger partial charge is 0.120 e. The first-order chi connectivity index (χ1) is 11.6. The third kappa shape index (κ3) is 3.86. The van der Waals surface area contributed by atoms with Gasteiger partial charge in [-0.25, -0.2) is 0 Å². The molecule has 0 atom stereocenters. The molecule has 0 unspecified atom stereocenters. The van der Waals surface area contributed by atoms with E-state index in [2.05, 4.69) is 75.4 Å². The second-order valence-electron chi connectivity index (χ2n) is 6.55. The van der Waals surface area contributed by atoms with Gasteiger partial charge in [0.15, 0.2) is 0 Å². The summed E-state index contributed by atoms with van der Waals surface area (Å²) in [6, 6.07) is 25.4. The molecule has 24 heavy (non-hydrogen) atoms. The Balaban J connectivity index is 1.89. The van der Waals surface area contributed by atoms with Crippen LogP contribution in [0.4, 0.5) is 0 Å². The lowest BCUT2D eigenvalue weighted by molar-refractivity contribution is 0.306. The number of hydrogen-bond acceptors (Lipinski definition) is 1. The number of benzene rings is 3. The van der Waals surface area contributed by atoms with Gasteiger partial charge in [-0.1, -0.05) is 74.5 Å². The summed E-state index contributed by atoms with van der Waals surface area (Å²) < 4.78 is 6.04. The van der Waals surface area contributed by atoms with Crippen LogP contribution in [-0.2, 0) is 6.61 Å². The van der Waals surface area contributed by atoms with Crippen molar-refractivity contribution in [2.24, 2.45) is 0 Å². The standard InChI is InChI=1S/C23H24O/c1-17(2)22-11-7-8-12-23(22)20-13-18(3)14-21(15-20)24-16-19-9-5-4-6-10-19/h4-15,17H,16H2,1-3H3. The maximum atomic E-state index is 6.04. The molecule has 0 aliphatic carbocycles. The molecule has 0 heterocycles. The van der Waals surface area contributed by atoms with E-state index in [9.17, 15) is 0 Å². The molecule has 0 aromatic heterocycles. The molecule has 0 saturated carbocycles. The normalized spacial score (nSPS) is 10.8. The van der Waals surface area contributed by atoms with Crippen molar-refractivity contribution in [2.75, 3.05) is 0 Å². The van der Waals surface area contributed by atoms with Gasteiger partial charge in [-0.05, 0) is 52.8 Å². The van der Waals surface area contributed by atoms with Crippen molar-refractivity contribution < 1.29 is 4.74 Å². The van der Waals surface area contributed by atoms with Crippen LogP contribution in [0.3, 0.4) is 0 Å². The molecule has 0 bridgehead atoms. The van der Waals surface area contributed by atoms with E-state index in [1.54, 1.807) is 0 Å². The van der Waals surface area contributed by atoms with Crippen LogP contribution in [0.15, 0.2) is 72.8 Å². The molecule has 0 aliphatic rings. The Morgan fingerprint density at radius 1 is 0.833 bits per heavy atom. The highest BCUT2D eigenvalue weighted by molar-refractivity contribution is 5.70. The van der Waals surface area contributed by atoms with E-state index in [-0.39, 0.29) is 0 Å². The Labute approximate surface area is 144 Å². The van der Waals surface area contributed by atoms with Gasteiger partial charge in [-0.2, -0.15) is 0 Å². The minimum absolute atomic E-state index is 0.496. The van der Waals surface area contributed by atoms with E-state index in [0.29, 0.717) is 12.5 Å². The molecule has 1 nitrogen and oxygen atoms in total. The quantitative estimate of drug-likeness (QED) is 0.532. The zero-order valence-electron chi connectivity index (χ0n) is 14.6. The molecule has 0 spiro atoms. The van der Waals surface area contributed by atoms with E-state index in [0.717, 1.165) is 5.75 Å². The molecule has 0 N–H and O–H groups in total. The number of rotatable bonds is 5. The van der Waals surface area contributed by atoms with Crippen LogP contribution >= 0.6 is 0 Å². The Morgan fingerprint density at radius 2 is 1.54 bits per heavy atom. The summed E-state index contributed by atoms with van der Waals surface area (Å²) in [6.07, 6.45) is 0. The van der Waals surface area contributed by atoms with Crippen LogP contribution in [0.2, 0.25) is 0 Å². The van der Waals surface area contributed by atoms with Gasteiger partial charge in [0, 0.05) is 0 Å². The Hall–Kier alpha value is -2.54. The molecule has 3 rings (SSSR count). The van der Waals surface area contributed by atoms with Crippen molar-refractivity contribution >= 4 is 0 Å². The van der Waals surface area contributed by atoms with Crippen molar-refractivity contribution in [1.82, 2.24) is 0 Å². The van der Waals surface area contributed by atoms with E-state index in [1.807, 2.05) is 18.2 Å². The molecule has 1 heteroatoms. The predicted octanol–water partition coefficient (Wildman–Crippen LogP) is 6.36. The van der Waals surface area contributed by atoms with E-state index in [1.165, 1.54) is 27.8 Å². The first kappa shape index (κ1) is 16.3. The summed E-state index contributed by atoms with van der Waals surface area (Å²) in [5, 5.41) is 0. The van der Waals surface area contributed by atoms with Gasteiger partial charge in [0.05, 0.1) is 0 Å². The van der Waals surface area contributed by atoms with Crippen molar-refractivity contribution in [3.63, 3.8) is 0 Å². The largest absolute Gasteiger partial charge is 0.489 e. The van der Waals surface area contributed by atoms with Crippen LogP contribution in [0.1, 0.15) is 36.5 Å². The molecule has 3 aromatic rings. The zero-order valence-corrected chi connectivity index (χ0v) is 14.6. The lowest BCUT2D eigenvalue weighted by Crippen LogP contribution is -1.97. The van der Waals surface area contributed by atoms with Gasteiger partial charge in [-0.3, -0.25) is 0 Å². The number of aryl methyl sites for hydroxylation is 1. The molecular weight excluding hydrogens is 292 g/mol. The van der Waals surface area contributed by atoms with Crippen LogP contribution in [0.25, 0.3) is 11.1 Å². The predicted molar refractivity (Wildman–Crippen MR) is 101 cm³/mol. The van der Waals surface area contributed by atoms with Gasteiger partial charge in [0.25, 0.3) is 0 Å². The molecule has 3 aromatic carbocycles. The summed E-state index contributed by atoms with van der Waals surface area (Å²) in [5.41, 5.74) is 6.29. The Bertz CT molecular complexity index is 803. The van der Waals surface area contributed by atoms with Gasteiger partial charge >= 0.3 is 0 Å². The van der Waals surface area contributed by atoms with Crippen molar-refractivity contribution in [1.29, 1.82) is 0 Å². The lowest BCUT2D eigenvalue weighted by Gasteiger charge is -2.15. The molecule has 0 radical (unpaired) electrons. The molecule has 122 valence electrons. The van der Waals surface area contributed by atoms with Crippen molar-refractivity contribution in [2.45, 2.75) is 33.3 Å². The molecule has 0 saturated heterocycles. The summed E-state index contributed by atoms with van der Waals surface area (Å²) in [5.74, 6) is 1.42. The maximum absolute atomic E-state index is 6.04. The van der Waals surface area contributed by atoms with E-state index < -0.39 is 0 Å². The highest BCUT2D eigenvalue weighted by Crippen LogP contribution is 2.32. The third-order valence-electron chi connectivity index (χ3n) is 4.19. The summed E-state index contributed by atoms with van der Waals surface area (Å²) in [4.78, 5) is 0. The molecule has 0 aliphatic heterocycles. The van der Waals surface area contributed by atoms with E-state index in [4.69, 9.17) is 4.74 Å². The highest BCUT2D eigenvalue weighted by Gasteiger charge is 2.09. The van der Waals surface area contributed by atoms with Crippen LogP contribution in [0, 0.1) is 6.92 Å². The minimum atomic E-state index is 0.496. The fourth-order valence-electron chi connectivity index (χ4n) is 2.99. The number of hydrogen-bond donors (Lipinski definition) is 0. The second-order valence-corrected chi connectivity index (χ2v) is 6.55. The molecule has 0 amide bonds. The third-order valence-corrected chi connectivity index (χ3v) is 4.19. The monoisotopic (exact) mass is 316 g/mol. The van der Waals surface area contributed by atoms with E-state index >= 15 is 0 Å². The van der Waals surface area contributed by atoms with Gasteiger partial charge in [0.1, 0.15) is 12.4 Å². The first-order valence-corrected chi connectivity index (χ1v) is 8.51. The van der Waals surface area contributed by atoms with Gasteiger partial charge in [-0.15, -0.1) is 0 Å². The first-order valence-electron chi connectivity index (χ1n) is 8.51. The summed E-state index contributed by atoms with van der Waals surface area (Å²) >= 11 is 0. The maximum Gasteiger partial charge on any atom is 0.120 e. The van der Waals surface area contributed by atoms with Gasteiger partial charge < -0.3 is 4.74 Å². The van der Waals surface area contributed by atoms with Crippen molar-refractivity contribution in [3.05, 3.63) is 89.5 Å². The van der Waals surface area contributed by atoms with Crippen LogP contribution in [0.5, 0.6) is 5.75 Å². The Morgan fingerprint density at radius 3 is 2.29 bits per heavy atom. The zero-order chi connectivity index (χ0) is 16.9. The SMILES string of the molecule is Cc1cc(OCc2ccccc2)cc(-c2ccccc2C(C)C)c1. The molecule has 0 fully saturated rings. The second kappa shape index (κ2) is 7.35. The van der Waals surface area contributed by atoms with Crippen LogP contribution in [-0.4, -0.2) is 0 Å². The van der Waals surface area contributed by atoms with Gasteiger partial charge in [0.2, 0.25) is 0 Å². The lowest BCUT2D eigenvalue weighted by atomic mass is 9.92. The fraction of sp³-hybridized carbons (Fsp3) is 0.217. The highest BCUT2D eigenvalue weighted by atomic mass is 16.5. The topological polar surface area (TPSA) is 9.23 Å². The summed E-state index contributed by atoms with van der Waals surface area (Å²) in [7, 11) is 0. The number of ether oxygens (including phenoxy) is 1. The Kier molecular flexibility index (Phi) is 5.00. The summed E-state index contributed by atoms with van der Waals surface area (Å²) in [6.45, 7) is 7.19. The average Bonchev–Trinajstić information content (AvgIpc) is 2.60. The average molecular weight is 316 g/mol. The van der Waals surface area contributed by atoms with Crippen LogP contribution < -0.4 is 4.74 Å². The minimum Gasteiger partial charge on any atom is -0.489 e.